The second-order valence-corrected chi connectivity index (χ2v) is 6.53. The number of hydrogen-bond acceptors (Lipinski definition) is 3. The van der Waals surface area contributed by atoms with Crippen molar-refractivity contribution in [2.45, 2.75) is 6.42 Å². The molecule has 0 bridgehead atoms. The minimum absolute atomic E-state index is 0.536. The van der Waals surface area contributed by atoms with Gasteiger partial charge in [0.05, 0.1) is 10.2 Å². The highest BCUT2D eigenvalue weighted by atomic mass is 79.9. The van der Waals surface area contributed by atoms with Crippen molar-refractivity contribution in [3.05, 3.63) is 58.1 Å². The van der Waals surface area contributed by atoms with E-state index in [-0.39, 0.29) is 0 Å². The summed E-state index contributed by atoms with van der Waals surface area (Å²) in [6, 6.07) is 9.48. The topological polar surface area (TPSA) is 24.9 Å². The number of hydrogen-bond donors (Lipinski definition) is 1. The third kappa shape index (κ3) is 3.57. The highest BCUT2D eigenvalue weighted by Crippen LogP contribution is 2.28. The SMILES string of the molecule is Fc1cc(F)cc(CCNc2nc3ccc(Br)cc3s2)c1. The molecule has 0 aliphatic heterocycles. The molecule has 0 aliphatic rings. The van der Waals surface area contributed by atoms with Crippen LogP contribution in [-0.2, 0) is 6.42 Å². The van der Waals surface area contributed by atoms with Gasteiger partial charge in [0.25, 0.3) is 0 Å². The van der Waals surface area contributed by atoms with Gasteiger partial charge in [0.15, 0.2) is 5.13 Å². The first-order valence-electron chi connectivity index (χ1n) is 6.35. The number of benzene rings is 2. The monoisotopic (exact) mass is 368 g/mol. The molecule has 0 spiro atoms. The van der Waals surface area contributed by atoms with Crippen molar-refractivity contribution in [1.82, 2.24) is 4.98 Å². The van der Waals surface area contributed by atoms with Crippen LogP contribution in [0.2, 0.25) is 0 Å². The quantitative estimate of drug-likeness (QED) is 0.701. The third-order valence-corrected chi connectivity index (χ3v) is 4.43. The van der Waals surface area contributed by atoms with Gasteiger partial charge in [-0.2, -0.15) is 0 Å². The summed E-state index contributed by atoms with van der Waals surface area (Å²) >= 11 is 4.98. The number of fused-ring (bicyclic) bond motifs is 1. The molecule has 0 saturated carbocycles. The van der Waals surface area contributed by atoms with Crippen LogP contribution < -0.4 is 5.32 Å². The molecule has 0 saturated heterocycles. The summed E-state index contributed by atoms with van der Waals surface area (Å²) < 4.78 is 28.3. The maximum Gasteiger partial charge on any atom is 0.183 e. The van der Waals surface area contributed by atoms with Gasteiger partial charge in [0, 0.05) is 17.1 Å². The largest absolute Gasteiger partial charge is 0.361 e. The highest BCUT2D eigenvalue weighted by molar-refractivity contribution is 9.10. The maximum atomic E-state index is 13.1. The molecule has 1 aromatic heterocycles. The molecule has 0 amide bonds. The van der Waals surface area contributed by atoms with E-state index in [0.717, 1.165) is 25.9 Å². The number of halogens is 3. The van der Waals surface area contributed by atoms with E-state index in [0.29, 0.717) is 18.5 Å². The Bertz CT molecular complexity index is 768. The number of anilines is 1. The molecule has 3 rings (SSSR count). The van der Waals surface area contributed by atoms with Crippen molar-refractivity contribution in [3.8, 4) is 0 Å². The van der Waals surface area contributed by atoms with Crippen LogP contribution in [0, 0.1) is 11.6 Å². The molecule has 2 nitrogen and oxygen atoms in total. The van der Waals surface area contributed by atoms with Gasteiger partial charge in [-0.3, -0.25) is 0 Å². The van der Waals surface area contributed by atoms with Crippen LogP contribution in [0.5, 0.6) is 0 Å². The first-order valence-corrected chi connectivity index (χ1v) is 7.96. The number of nitrogens with zero attached hydrogens (tertiary/aromatic N) is 1. The second-order valence-electron chi connectivity index (χ2n) is 4.59. The predicted octanol–water partition coefficient (Wildman–Crippen LogP) is 4.99. The van der Waals surface area contributed by atoms with E-state index >= 15 is 0 Å². The molecule has 108 valence electrons. The van der Waals surface area contributed by atoms with Gasteiger partial charge in [0.1, 0.15) is 11.6 Å². The minimum Gasteiger partial charge on any atom is -0.361 e. The maximum absolute atomic E-state index is 13.1. The smallest absolute Gasteiger partial charge is 0.183 e. The van der Waals surface area contributed by atoms with Crippen molar-refractivity contribution in [3.63, 3.8) is 0 Å². The number of rotatable bonds is 4. The van der Waals surface area contributed by atoms with Gasteiger partial charge in [0.2, 0.25) is 0 Å². The lowest BCUT2D eigenvalue weighted by Gasteiger charge is -2.03. The Balaban J connectivity index is 1.66. The predicted molar refractivity (Wildman–Crippen MR) is 85.9 cm³/mol. The zero-order valence-corrected chi connectivity index (χ0v) is 13.3. The average molecular weight is 369 g/mol. The number of nitrogens with one attached hydrogen (secondary N) is 1. The van der Waals surface area contributed by atoms with Crippen molar-refractivity contribution in [2.24, 2.45) is 0 Å². The summed E-state index contributed by atoms with van der Waals surface area (Å²) in [4.78, 5) is 4.46. The molecule has 0 radical (unpaired) electrons. The Morgan fingerprint density at radius 1 is 1.10 bits per heavy atom. The van der Waals surface area contributed by atoms with Crippen molar-refractivity contribution in [1.29, 1.82) is 0 Å². The van der Waals surface area contributed by atoms with Crippen LogP contribution in [0.25, 0.3) is 10.2 Å². The van der Waals surface area contributed by atoms with Crippen LogP contribution in [-0.4, -0.2) is 11.5 Å². The van der Waals surface area contributed by atoms with Gasteiger partial charge < -0.3 is 5.32 Å². The normalized spacial score (nSPS) is 11.0. The molecular weight excluding hydrogens is 358 g/mol. The molecular formula is C15H11BrF2N2S. The van der Waals surface area contributed by atoms with E-state index in [2.05, 4.69) is 26.2 Å². The van der Waals surface area contributed by atoms with E-state index in [1.165, 1.54) is 12.1 Å². The Morgan fingerprint density at radius 3 is 2.62 bits per heavy atom. The fourth-order valence-electron chi connectivity index (χ4n) is 2.04. The third-order valence-electron chi connectivity index (χ3n) is 2.96. The Hall–Kier alpha value is -1.53. The molecule has 6 heteroatoms. The van der Waals surface area contributed by atoms with Crippen LogP contribution >= 0.6 is 27.3 Å². The zero-order chi connectivity index (χ0) is 14.8. The van der Waals surface area contributed by atoms with Crippen molar-refractivity contribution >= 4 is 42.6 Å². The second kappa shape index (κ2) is 6.07. The van der Waals surface area contributed by atoms with Crippen LogP contribution in [0.3, 0.4) is 0 Å². The number of thiazole rings is 1. The molecule has 0 aliphatic carbocycles. The summed E-state index contributed by atoms with van der Waals surface area (Å²) in [5.74, 6) is -1.09. The standard InChI is InChI=1S/C15H11BrF2N2S/c16-10-1-2-13-14(7-10)21-15(20-13)19-4-3-9-5-11(17)8-12(18)6-9/h1-2,5-8H,3-4H2,(H,19,20). The molecule has 3 aromatic rings. The van der Waals surface area contributed by atoms with E-state index in [1.54, 1.807) is 11.3 Å². The first-order chi connectivity index (χ1) is 10.1. The fraction of sp³-hybridized carbons (Fsp3) is 0.133. The van der Waals surface area contributed by atoms with Crippen molar-refractivity contribution < 1.29 is 8.78 Å². The Labute approximate surface area is 133 Å². The van der Waals surface area contributed by atoms with Crippen LogP contribution in [0.1, 0.15) is 5.56 Å². The van der Waals surface area contributed by atoms with Gasteiger partial charge >= 0.3 is 0 Å². The Morgan fingerprint density at radius 2 is 1.86 bits per heavy atom. The van der Waals surface area contributed by atoms with E-state index < -0.39 is 11.6 Å². The summed E-state index contributed by atoms with van der Waals surface area (Å²) in [6.45, 7) is 0.573. The molecule has 1 heterocycles. The van der Waals surface area contributed by atoms with E-state index in [1.807, 2.05) is 18.2 Å². The Kier molecular flexibility index (Phi) is 4.17. The first kappa shape index (κ1) is 14.4. The fourth-order valence-corrected chi connectivity index (χ4v) is 3.49. The molecule has 2 aromatic carbocycles. The van der Waals surface area contributed by atoms with E-state index in [4.69, 9.17) is 0 Å². The van der Waals surface area contributed by atoms with Crippen molar-refractivity contribution in [2.75, 3.05) is 11.9 Å². The van der Waals surface area contributed by atoms with Gasteiger partial charge in [-0.25, -0.2) is 13.8 Å². The number of aromatic nitrogens is 1. The van der Waals surface area contributed by atoms with Crippen LogP contribution in [0.15, 0.2) is 40.9 Å². The van der Waals surface area contributed by atoms with Gasteiger partial charge in [-0.15, -0.1) is 0 Å². The molecule has 1 N–H and O–H groups in total. The highest BCUT2D eigenvalue weighted by Gasteiger charge is 2.05. The molecule has 0 unspecified atom stereocenters. The molecule has 0 fully saturated rings. The summed E-state index contributed by atoms with van der Waals surface area (Å²) in [6.07, 6.45) is 0.536. The van der Waals surface area contributed by atoms with E-state index in [9.17, 15) is 8.78 Å². The summed E-state index contributed by atoms with van der Waals surface area (Å²) in [5.41, 5.74) is 1.56. The van der Waals surface area contributed by atoms with Crippen LogP contribution in [0.4, 0.5) is 13.9 Å². The average Bonchev–Trinajstić information content (AvgIpc) is 2.79. The lowest BCUT2D eigenvalue weighted by Crippen LogP contribution is -2.05. The summed E-state index contributed by atoms with van der Waals surface area (Å²) in [7, 11) is 0. The van der Waals surface area contributed by atoms with Gasteiger partial charge in [-0.05, 0) is 42.3 Å². The zero-order valence-electron chi connectivity index (χ0n) is 10.9. The minimum atomic E-state index is -0.546. The lowest BCUT2D eigenvalue weighted by molar-refractivity contribution is 0.580. The molecule has 21 heavy (non-hydrogen) atoms. The summed E-state index contributed by atoms with van der Waals surface area (Å²) in [5, 5.41) is 3.99. The lowest BCUT2D eigenvalue weighted by atomic mass is 10.1. The molecule has 0 atom stereocenters. The van der Waals surface area contributed by atoms with Gasteiger partial charge in [-0.1, -0.05) is 27.3 Å².